The molecule has 29 heavy (non-hydrogen) atoms. The number of ether oxygens (including phenoxy) is 2. The van der Waals surface area contributed by atoms with Crippen LogP contribution in [0, 0.1) is 0 Å². The first-order chi connectivity index (χ1) is 14.6. The van der Waals surface area contributed by atoms with Gasteiger partial charge in [0.15, 0.2) is 12.9 Å². The second-order valence-electron chi connectivity index (χ2n) is 6.53. The van der Waals surface area contributed by atoms with Crippen molar-refractivity contribution >= 4 is 23.2 Å². The van der Waals surface area contributed by atoms with Gasteiger partial charge in [-0.3, -0.25) is 14.5 Å². The Morgan fingerprint density at radius 3 is 2.38 bits per heavy atom. The van der Waals surface area contributed by atoms with Gasteiger partial charge in [-0.1, -0.05) is 48.5 Å². The summed E-state index contributed by atoms with van der Waals surface area (Å²) in [5.41, 5.74) is 1.90. The molecule has 1 N–H and O–H groups in total. The van der Waals surface area contributed by atoms with Gasteiger partial charge in [-0.25, -0.2) is 0 Å². The lowest BCUT2D eigenvalue weighted by atomic mass is 10.1. The molecule has 3 aromatic rings. The standard InChI is InChI=1S/C23H20N2O4/c1-28-20-12-18-19(13-21(20)29-15-16-8-4-2-5-9-16)24-22(26)14-25(23(18)27)17-10-6-3-7-11-17/h2-13H,14-15H2,1H3,(H,24,26)/i/hD. The van der Waals surface area contributed by atoms with Crippen molar-refractivity contribution in [2.24, 2.45) is 0 Å². The molecule has 0 aliphatic carbocycles. The number of nitrogens with one attached hydrogen (secondary N) is 1. The van der Waals surface area contributed by atoms with Crippen molar-refractivity contribution in [1.82, 2.24) is 0 Å². The largest absolute Gasteiger partial charge is 0.493 e. The van der Waals surface area contributed by atoms with Gasteiger partial charge >= 0.3 is 0 Å². The molecule has 1 aliphatic rings. The molecule has 2 amide bonds. The lowest BCUT2D eigenvalue weighted by Gasteiger charge is -2.20. The number of carbonyl (C=O) groups excluding carboxylic acids is 2. The monoisotopic (exact) mass is 389 g/mol. The van der Waals surface area contributed by atoms with Crippen LogP contribution in [0.5, 0.6) is 11.5 Å². The number of para-hydroxylation sites is 1. The van der Waals surface area contributed by atoms with E-state index in [9.17, 15) is 9.59 Å². The Morgan fingerprint density at radius 1 is 1.00 bits per heavy atom. The third-order valence-corrected chi connectivity index (χ3v) is 4.60. The number of carbonyl (C=O) groups is 2. The molecule has 1 aliphatic heterocycles. The van der Waals surface area contributed by atoms with Crippen LogP contribution in [-0.4, -0.2) is 25.5 Å². The van der Waals surface area contributed by atoms with Crippen molar-refractivity contribution in [3.8, 4) is 11.5 Å². The van der Waals surface area contributed by atoms with Gasteiger partial charge in [-0.15, -0.1) is 0 Å². The molecule has 0 unspecified atom stereocenters. The molecule has 6 nitrogen and oxygen atoms in total. The molecule has 0 fully saturated rings. The molecule has 146 valence electrons. The number of rotatable bonds is 5. The number of anilines is 2. The zero-order chi connectivity index (χ0) is 21.1. The quantitative estimate of drug-likeness (QED) is 0.719. The molecule has 0 atom stereocenters. The molecule has 0 spiro atoms. The van der Waals surface area contributed by atoms with Gasteiger partial charge in [-0.05, 0) is 23.8 Å². The molecule has 4 rings (SSSR count). The molecule has 0 saturated heterocycles. The molecule has 1 heterocycles. The van der Waals surface area contributed by atoms with Crippen LogP contribution >= 0.6 is 0 Å². The molecular weight excluding hydrogens is 368 g/mol. The smallest absolute Gasteiger partial charge is 0.261 e. The van der Waals surface area contributed by atoms with Crippen molar-refractivity contribution in [2.45, 2.75) is 6.61 Å². The Morgan fingerprint density at radius 2 is 1.69 bits per heavy atom. The van der Waals surface area contributed by atoms with Gasteiger partial charge in [0.1, 0.15) is 13.2 Å². The molecule has 6 heteroatoms. The summed E-state index contributed by atoms with van der Waals surface area (Å²) in [4.78, 5) is 27.2. The lowest BCUT2D eigenvalue weighted by Crippen LogP contribution is -2.34. The summed E-state index contributed by atoms with van der Waals surface area (Å²) in [5.74, 6) is -0.197. The van der Waals surface area contributed by atoms with Crippen LogP contribution in [0.15, 0.2) is 72.8 Å². The predicted octanol–water partition coefficient (Wildman–Crippen LogP) is 3.87. The molecule has 0 radical (unpaired) electrons. The lowest BCUT2D eigenvalue weighted by molar-refractivity contribution is -0.114. The van der Waals surface area contributed by atoms with E-state index in [4.69, 9.17) is 10.9 Å². The zero-order valence-corrected chi connectivity index (χ0v) is 15.9. The van der Waals surface area contributed by atoms with E-state index in [2.05, 4.69) is 0 Å². The Kier molecular flexibility index (Phi) is 4.81. The average Bonchev–Trinajstić information content (AvgIpc) is 2.88. The van der Waals surface area contributed by atoms with Gasteiger partial charge in [0.2, 0.25) is 5.91 Å². The normalized spacial score (nSPS) is 14.2. The number of amides is 2. The average molecular weight is 389 g/mol. The van der Waals surface area contributed by atoms with Gasteiger partial charge in [0.25, 0.3) is 5.91 Å². The minimum absolute atomic E-state index is 0.160. The van der Waals surface area contributed by atoms with Crippen LogP contribution in [0.3, 0.4) is 0 Å². The van der Waals surface area contributed by atoms with E-state index in [0.717, 1.165) is 10.9 Å². The third kappa shape index (κ3) is 3.91. The van der Waals surface area contributed by atoms with Crippen molar-refractivity contribution in [1.29, 1.82) is 0 Å². The molecule has 0 aromatic heterocycles. The summed E-state index contributed by atoms with van der Waals surface area (Å²) < 4.78 is 19.6. The highest BCUT2D eigenvalue weighted by molar-refractivity contribution is 6.17. The van der Waals surface area contributed by atoms with Crippen molar-refractivity contribution in [2.75, 3.05) is 23.9 Å². The first kappa shape index (κ1) is 17.3. The molecule has 0 saturated carbocycles. The Balaban J connectivity index is 1.73. The Hall–Kier alpha value is -3.80. The fourth-order valence-electron chi connectivity index (χ4n) is 3.16. The summed E-state index contributed by atoms with van der Waals surface area (Å²) in [6, 6.07) is 21.5. The second-order valence-corrected chi connectivity index (χ2v) is 6.53. The number of benzene rings is 3. The van der Waals surface area contributed by atoms with Crippen LogP contribution in [0.25, 0.3) is 0 Å². The summed E-state index contributed by atoms with van der Waals surface area (Å²) in [7, 11) is 1.48. The summed E-state index contributed by atoms with van der Waals surface area (Å²) in [5, 5.41) is 0.741. The van der Waals surface area contributed by atoms with Crippen LogP contribution in [-0.2, 0) is 11.4 Å². The number of fused-ring (bicyclic) bond motifs is 1. The summed E-state index contributed by atoms with van der Waals surface area (Å²) >= 11 is 0. The van der Waals surface area contributed by atoms with Gasteiger partial charge in [0, 0.05) is 11.8 Å². The molecule has 0 bridgehead atoms. The van der Waals surface area contributed by atoms with E-state index in [1.54, 1.807) is 24.3 Å². The summed E-state index contributed by atoms with van der Waals surface area (Å²) in [6.45, 7) is 0.0512. The number of hydrogen-bond acceptors (Lipinski definition) is 4. The minimum Gasteiger partial charge on any atom is -0.493 e. The van der Waals surface area contributed by atoms with Gasteiger partial charge < -0.3 is 14.8 Å². The van der Waals surface area contributed by atoms with E-state index >= 15 is 0 Å². The van der Waals surface area contributed by atoms with E-state index in [0.29, 0.717) is 17.2 Å². The van der Waals surface area contributed by atoms with Crippen LogP contribution in [0.1, 0.15) is 15.9 Å². The van der Waals surface area contributed by atoms with Crippen LogP contribution in [0.4, 0.5) is 11.4 Å². The SMILES string of the molecule is [2H]N1C(=O)CN(c2ccccc2)C(=O)c2cc(OC)c(OCc3ccccc3)cc21. The van der Waals surface area contributed by atoms with E-state index in [1.165, 1.54) is 24.1 Å². The molecular formula is C23H20N2O4. The van der Waals surface area contributed by atoms with Gasteiger partial charge in [0.05, 0.1) is 18.4 Å². The third-order valence-electron chi connectivity index (χ3n) is 4.60. The first-order valence-electron chi connectivity index (χ1n) is 9.60. The van der Waals surface area contributed by atoms with Crippen LogP contribution in [0.2, 0.25) is 1.41 Å². The van der Waals surface area contributed by atoms with E-state index < -0.39 is 5.91 Å². The molecule has 3 aromatic carbocycles. The minimum atomic E-state index is -0.523. The van der Waals surface area contributed by atoms with Crippen molar-refractivity contribution < 1.29 is 20.5 Å². The van der Waals surface area contributed by atoms with Crippen molar-refractivity contribution in [3.63, 3.8) is 0 Å². The first-order valence-corrected chi connectivity index (χ1v) is 9.16. The second kappa shape index (κ2) is 8.06. The Labute approximate surface area is 170 Å². The van der Waals surface area contributed by atoms with E-state index in [-0.39, 0.29) is 30.3 Å². The highest BCUT2D eigenvalue weighted by Gasteiger charge is 2.29. The van der Waals surface area contributed by atoms with E-state index in [1.807, 2.05) is 36.4 Å². The maximum atomic E-state index is 13.3. The fourth-order valence-corrected chi connectivity index (χ4v) is 3.16. The number of methoxy groups -OCH3 is 1. The highest BCUT2D eigenvalue weighted by atomic mass is 16.5. The van der Waals surface area contributed by atoms with Crippen LogP contribution < -0.4 is 19.7 Å². The predicted molar refractivity (Wildman–Crippen MR) is 111 cm³/mol. The van der Waals surface area contributed by atoms with Crippen molar-refractivity contribution in [3.05, 3.63) is 83.9 Å². The highest BCUT2D eigenvalue weighted by Crippen LogP contribution is 2.36. The number of nitrogens with zero attached hydrogens (tertiary/aromatic N) is 1. The Bertz CT molecular complexity index is 1070. The maximum absolute atomic E-state index is 13.3. The number of hydrogen-bond donors (Lipinski definition) is 1. The fraction of sp³-hybridized carbons (Fsp3) is 0.130. The maximum Gasteiger partial charge on any atom is 0.261 e. The van der Waals surface area contributed by atoms with Gasteiger partial charge in [-0.2, -0.15) is 0 Å². The zero-order valence-electron chi connectivity index (χ0n) is 16.9. The topological polar surface area (TPSA) is 67.9 Å². The summed E-state index contributed by atoms with van der Waals surface area (Å²) in [6.07, 6.45) is 0.